The first-order chi connectivity index (χ1) is 29.3. The summed E-state index contributed by atoms with van der Waals surface area (Å²) in [6, 6.07) is 55.0. The largest absolute Gasteiger partial charge is 0.456 e. The zero-order valence-electron chi connectivity index (χ0n) is 34.4. The van der Waals surface area contributed by atoms with E-state index in [-0.39, 0.29) is 29.7 Å². The minimum absolute atomic E-state index is 0.193. The average Bonchev–Trinajstić information content (AvgIpc) is 3.68. The molecule has 0 atom stereocenters. The van der Waals surface area contributed by atoms with Crippen molar-refractivity contribution in [2.75, 3.05) is 0 Å². The highest BCUT2D eigenvalue weighted by molar-refractivity contribution is 6.06. The van der Waals surface area contributed by atoms with Gasteiger partial charge in [0.2, 0.25) is 0 Å². The van der Waals surface area contributed by atoms with Crippen molar-refractivity contribution in [1.29, 1.82) is 0 Å². The van der Waals surface area contributed by atoms with E-state index in [1.807, 2.05) is 84.9 Å². The second kappa shape index (κ2) is 13.8. The molecule has 0 saturated heterocycles. The van der Waals surface area contributed by atoms with E-state index in [1.54, 1.807) is 12.1 Å². The van der Waals surface area contributed by atoms with E-state index < -0.39 is 6.04 Å². The van der Waals surface area contributed by atoms with Crippen LogP contribution in [0, 0.1) is 0 Å². The fourth-order valence-electron chi connectivity index (χ4n) is 6.99. The molecule has 0 saturated carbocycles. The van der Waals surface area contributed by atoms with Crippen molar-refractivity contribution in [3.05, 3.63) is 200 Å². The quantitative estimate of drug-likeness (QED) is 0.165. The molecule has 10 rings (SSSR count). The molecule has 10 aromatic rings. The van der Waals surface area contributed by atoms with E-state index in [0.29, 0.717) is 23.0 Å². The summed E-state index contributed by atoms with van der Waals surface area (Å²) < 4.78 is 47.2. The molecule has 0 unspecified atom stereocenters. The molecule has 2 heterocycles. The Morgan fingerprint density at radius 2 is 0.691 bits per heavy atom. The van der Waals surface area contributed by atoms with Crippen LogP contribution in [-0.4, -0.2) is 15.0 Å². The van der Waals surface area contributed by atoms with Crippen LogP contribution < -0.4 is 0 Å². The summed E-state index contributed by atoms with van der Waals surface area (Å²) in [4.78, 5) is 14.9. The maximum atomic E-state index is 8.33. The molecule has 0 N–H and O–H groups in total. The first-order valence-corrected chi connectivity index (χ1v) is 18.0. The molecule has 258 valence electrons. The molecule has 4 nitrogen and oxygen atoms in total. The van der Waals surface area contributed by atoms with Crippen LogP contribution in [-0.2, 0) is 0 Å². The third-order valence-corrected chi connectivity index (χ3v) is 9.85. The summed E-state index contributed by atoms with van der Waals surface area (Å²) in [5.74, 6) is 1.73. The van der Waals surface area contributed by atoms with E-state index in [0.717, 1.165) is 72.0 Å². The number of hydrogen-bond donors (Lipinski definition) is 0. The topological polar surface area (TPSA) is 51.8 Å². The molecule has 0 aliphatic heterocycles. The molecule has 55 heavy (non-hydrogen) atoms. The minimum Gasteiger partial charge on any atom is -0.456 e. The molecule has 0 radical (unpaired) electrons. The normalized spacial score (nSPS) is 12.5. The van der Waals surface area contributed by atoms with Crippen LogP contribution in [0.2, 0.25) is 0 Å². The highest BCUT2D eigenvalue weighted by Crippen LogP contribution is 2.36. The molecule has 0 amide bonds. The molecule has 0 aliphatic carbocycles. The zero-order chi connectivity index (χ0) is 40.9. The van der Waals surface area contributed by atoms with Gasteiger partial charge in [0.15, 0.2) is 17.5 Å². The SMILES string of the molecule is [2H]c1c([2H])c([2H])c(-c2ccc(-c3ccc(-c4ccc5c(c4)oc4cc(-c6nc(-c7ccccc7)nc(-c7cccc(-c8ccccc8)c7)n6)ccc45)cc3)cc2)c([2H])c1[2H]. The van der Waals surface area contributed by atoms with E-state index in [9.17, 15) is 0 Å². The van der Waals surface area contributed by atoms with Crippen LogP contribution in [0.3, 0.4) is 0 Å². The summed E-state index contributed by atoms with van der Waals surface area (Å²) in [5, 5.41) is 2.01. The Hall–Kier alpha value is -7.43. The highest BCUT2D eigenvalue weighted by Gasteiger charge is 2.16. The van der Waals surface area contributed by atoms with E-state index in [4.69, 9.17) is 26.2 Å². The first-order valence-electron chi connectivity index (χ1n) is 20.5. The lowest BCUT2D eigenvalue weighted by atomic mass is 9.97. The lowest BCUT2D eigenvalue weighted by Gasteiger charge is -2.09. The van der Waals surface area contributed by atoms with Gasteiger partial charge in [-0.3, -0.25) is 0 Å². The van der Waals surface area contributed by atoms with Gasteiger partial charge < -0.3 is 4.42 Å². The summed E-state index contributed by atoms with van der Waals surface area (Å²) in [5.41, 5.74) is 11.1. The minimum atomic E-state index is -0.399. The van der Waals surface area contributed by atoms with Gasteiger partial charge in [0.05, 0.1) is 6.85 Å². The van der Waals surface area contributed by atoms with Gasteiger partial charge in [0.25, 0.3) is 0 Å². The van der Waals surface area contributed by atoms with Gasteiger partial charge in [-0.05, 0) is 74.8 Å². The van der Waals surface area contributed by atoms with Crippen molar-refractivity contribution in [3.63, 3.8) is 0 Å². The highest BCUT2D eigenvalue weighted by atomic mass is 16.3. The Morgan fingerprint density at radius 1 is 0.309 bits per heavy atom. The Morgan fingerprint density at radius 3 is 1.29 bits per heavy atom. The van der Waals surface area contributed by atoms with E-state index in [2.05, 4.69) is 72.8 Å². The molecule has 0 aliphatic rings. The van der Waals surface area contributed by atoms with Crippen LogP contribution in [0.1, 0.15) is 6.85 Å². The van der Waals surface area contributed by atoms with Crippen molar-refractivity contribution in [2.24, 2.45) is 0 Å². The Balaban J connectivity index is 0.956. The average molecular weight is 709 g/mol. The molecular weight excluding hydrogens is 671 g/mol. The maximum absolute atomic E-state index is 8.33. The van der Waals surface area contributed by atoms with Crippen molar-refractivity contribution >= 4 is 21.9 Å². The number of rotatable bonds is 7. The van der Waals surface area contributed by atoms with Crippen molar-refractivity contribution in [1.82, 2.24) is 15.0 Å². The Bertz CT molecular complexity index is 3210. The molecule has 2 aromatic heterocycles. The molecule has 0 fully saturated rings. The molecule has 0 bridgehead atoms. The van der Waals surface area contributed by atoms with Crippen molar-refractivity contribution in [2.45, 2.75) is 0 Å². The van der Waals surface area contributed by atoms with Crippen LogP contribution in [0.4, 0.5) is 0 Å². The van der Waals surface area contributed by atoms with Gasteiger partial charge in [-0.25, -0.2) is 15.0 Å². The van der Waals surface area contributed by atoms with E-state index >= 15 is 0 Å². The van der Waals surface area contributed by atoms with Gasteiger partial charge in [-0.1, -0.05) is 170 Å². The molecule has 4 heteroatoms. The summed E-state index contributed by atoms with van der Waals surface area (Å²) in [7, 11) is 0. The van der Waals surface area contributed by atoms with Crippen molar-refractivity contribution < 1.29 is 11.3 Å². The number of nitrogens with zero attached hydrogens (tertiary/aromatic N) is 3. The Labute approximate surface area is 326 Å². The van der Waals surface area contributed by atoms with E-state index in [1.165, 1.54) is 0 Å². The summed E-state index contributed by atoms with van der Waals surface area (Å²) >= 11 is 0. The summed E-state index contributed by atoms with van der Waals surface area (Å²) in [6.07, 6.45) is 0. The van der Waals surface area contributed by atoms with Gasteiger partial charge in [0.1, 0.15) is 11.2 Å². The van der Waals surface area contributed by atoms with Gasteiger partial charge in [0, 0.05) is 27.5 Å². The molecule has 8 aromatic carbocycles. The fourth-order valence-corrected chi connectivity index (χ4v) is 6.99. The van der Waals surface area contributed by atoms with Crippen LogP contribution in [0.25, 0.3) is 101 Å². The van der Waals surface area contributed by atoms with Crippen LogP contribution in [0.5, 0.6) is 0 Å². The summed E-state index contributed by atoms with van der Waals surface area (Å²) in [6.45, 7) is 0. The second-order valence-corrected chi connectivity index (χ2v) is 13.3. The van der Waals surface area contributed by atoms with Crippen LogP contribution in [0.15, 0.2) is 204 Å². The molecule has 0 spiro atoms. The monoisotopic (exact) mass is 708 g/mol. The smallest absolute Gasteiger partial charge is 0.164 e. The van der Waals surface area contributed by atoms with Crippen LogP contribution >= 0.6 is 0 Å². The predicted octanol–water partition coefficient (Wildman–Crippen LogP) is 13.4. The predicted molar refractivity (Wildman–Crippen MR) is 225 cm³/mol. The standard InChI is InChI=1S/C51H33N3O/c1-4-11-34(12-5-1)36-19-21-37(22-20-36)38-23-25-39(26-24-38)42-27-29-45-46-30-28-44(33-48(46)55-47(45)32-42)51-53-49(40-15-8-3-9-16-40)52-50(54-51)43-18-10-17-41(31-43)35-13-6-2-7-14-35/h1-33H/i1D,4D,5D,11D,12D. The lowest BCUT2D eigenvalue weighted by Crippen LogP contribution is -2.00. The van der Waals surface area contributed by atoms with Gasteiger partial charge in [-0.2, -0.15) is 0 Å². The number of benzene rings is 8. The maximum Gasteiger partial charge on any atom is 0.164 e. The lowest BCUT2D eigenvalue weighted by molar-refractivity contribution is 0.669. The van der Waals surface area contributed by atoms with Gasteiger partial charge in [-0.15, -0.1) is 0 Å². The zero-order valence-corrected chi connectivity index (χ0v) is 29.4. The fraction of sp³-hybridized carbons (Fsp3) is 0. The third-order valence-electron chi connectivity index (χ3n) is 9.85. The first kappa shape index (κ1) is 27.2. The third kappa shape index (κ3) is 6.36. The number of aromatic nitrogens is 3. The van der Waals surface area contributed by atoms with Crippen molar-refractivity contribution in [3.8, 4) is 78.7 Å². The molecular formula is C51H33N3O. The Kier molecular flexibility index (Phi) is 6.85. The number of hydrogen-bond acceptors (Lipinski definition) is 4. The second-order valence-electron chi connectivity index (χ2n) is 13.3. The van der Waals surface area contributed by atoms with Gasteiger partial charge >= 0.3 is 0 Å². The number of fused-ring (bicyclic) bond motifs is 3. The number of furan rings is 1.